The van der Waals surface area contributed by atoms with Crippen LogP contribution in [0.4, 0.5) is 11.4 Å². The summed E-state index contributed by atoms with van der Waals surface area (Å²) >= 11 is 0. The first-order chi connectivity index (χ1) is 12.0. The van der Waals surface area contributed by atoms with Gasteiger partial charge in [-0.1, -0.05) is 32.9 Å². The minimum atomic E-state index is -3.69. The molecule has 5 nitrogen and oxygen atoms in total. The van der Waals surface area contributed by atoms with Gasteiger partial charge in [-0.25, -0.2) is 8.42 Å². The molecule has 0 aliphatic rings. The number of hydrogen-bond donors (Lipinski definition) is 2. The zero-order valence-electron chi connectivity index (χ0n) is 15.9. The molecule has 0 spiro atoms. The molecule has 26 heavy (non-hydrogen) atoms. The Morgan fingerprint density at radius 2 is 1.62 bits per heavy atom. The van der Waals surface area contributed by atoms with E-state index in [1.54, 1.807) is 42.5 Å². The average molecular weight is 375 g/mol. The number of benzene rings is 2. The average Bonchev–Trinajstić information content (AvgIpc) is 2.47. The molecule has 2 aromatic rings. The standard InChI is InChI=1S/C20H26N2O3S/c1-14-9-10-18(11-15(14)2)26(24,25)22-17-8-6-7-16(12-17)21-19(23)13-20(3,4)5/h6-12,22H,13H2,1-5H3,(H,21,23). The van der Waals surface area contributed by atoms with Crippen LogP contribution in [0.5, 0.6) is 0 Å². The fourth-order valence-electron chi connectivity index (χ4n) is 2.44. The molecule has 0 radical (unpaired) electrons. The van der Waals surface area contributed by atoms with E-state index >= 15 is 0 Å². The SMILES string of the molecule is Cc1ccc(S(=O)(=O)Nc2cccc(NC(=O)CC(C)(C)C)c2)cc1C. The monoisotopic (exact) mass is 374 g/mol. The molecule has 0 aliphatic carbocycles. The van der Waals surface area contributed by atoms with Crippen molar-refractivity contribution in [3.63, 3.8) is 0 Å². The molecule has 0 aromatic heterocycles. The Kier molecular flexibility index (Phi) is 5.76. The van der Waals surface area contributed by atoms with Gasteiger partial charge in [0, 0.05) is 12.1 Å². The summed E-state index contributed by atoms with van der Waals surface area (Å²) in [6.07, 6.45) is 0.381. The first-order valence-electron chi connectivity index (χ1n) is 8.46. The van der Waals surface area contributed by atoms with Gasteiger partial charge in [-0.15, -0.1) is 0 Å². The molecular weight excluding hydrogens is 348 g/mol. The topological polar surface area (TPSA) is 75.3 Å². The van der Waals surface area contributed by atoms with Gasteiger partial charge in [-0.05, 0) is 60.7 Å². The lowest BCUT2D eigenvalue weighted by Crippen LogP contribution is -2.19. The van der Waals surface area contributed by atoms with E-state index < -0.39 is 10.0 Å². The van der Waals surface area contributed by atoms with Crippen LogP contribution in [0, 0.1) is 19.3 Å². The van der Waals surface area contributed by atoms with Crippen molar-refractivity contribution in [1.29, 1.82) is 0 Å². The van der Waals surface area contributed by atoms with Gasteiger partial charge in [0.25, 0.3) is 10.0 Å². The Morgan fingerprint density at radius 1 is 0.962 bits per heavy atom. The molecule has 2 aromatic carbocycles. The number of aryl methyl sites for hydroxylation is 2. The molecule has 2 rings (SSSR count). The van der Waals surface area contributed by atoms with E-state index in [0.717, 1.165) is 11.1 Å². The highest BCUT2D eigenvalue weighted by atomic mass is 32.2. The molecule has 0 unspecified atom stereocenters. The highest BCUT2D eigenvalue weighted by Gasteiger charge is 2.17. The van der Waals surface area contributed by atoms with E-state index in [2.05, 4.69) is 10.0 Å². The number of anilines is 2. The molecule has 140 valence electrons. The summed E-state index contributed by atoms with van der Waals surface area (Å²) in [4.78, 5) is 12.3. The number of amides is 1. The zero-order chi connectivity index (χ0) is 19.5. The number of nitrogens with one attached hydrogen (secondary N) is 2. The molecule has 1 amide bonds. The Balaban J connectivity index is 2.17. The first kappa shape index (κ1) is 20.0. The third-order valence-electron chi connectivity index (χ3n) is 3.88. The van der Waals surface area contributed by atoms with Crippen LogP contribution in [0.1, 0.15) is 38.3 Å². The van der Waals surface area contributed by atoms with Gasteiger partial charge in [0.05, 0.1) is 10.6 Å². The predicted molar refractivity (Wildman–Crippen MR) is 106 cm³/mol. The van der Waals surface area contributed by atoms with E-state index in [1.807, 2.05) is 34.6 Å². The van der Waals surface area contributed by atoms with Gasteiger partial charge in [-0.3, -0.25) is 9.52 Å². The minimum absolute atomic E-state index is 0.105. The predicted octanol–water partition coefficient (Wildman–Crippen LogP) is 4.48. The molecule has 0 bridgehead atoms. The lowest BCUT2D eigenvalue weighted by molar-refractivity contribution is -0.117. The van der Waals surface area contributed by atoms with E-state index in [-0.39, 0.29) is 16.2 Å². The molecule has 0 fully saturated rings. The number of rotatable bonds is 5. The van der Waals surface area contributed by atoms with Gasteiger partial charge < -0.3 is 5.32 Å². The lowest BCUT2D eigenvalue weighted by Gasteiger charge is -2.17. The summed E-state index contributed by atoms with van der Waals surface area (Å²) in [5.74, 6) is -0.105. The summed E-state index contributed by atoms with van der Waals surface area (Å²) in [7, 11) is -3.69. The summed E-state index contributed by atoms with van der Waals surface area (Å²) < 4.78 is 27.7. The van der Waals surface area contributed by atoms with Gasteiger partial charge >= 0.3 is 0 Å². The molecule has 0 heterocycles. The van der Waals surface area contributed by atoms with E-state index in [0.29, 0.717) is 17.8 Å². The van der Waals surface area contributed by atoms with Crippen molar-refractivity contribution in [1.82, 2.24) is 0 Å². The molecule has 6 heteroatoms. The Labute approximate surface area is 155 Å². The van der Waals surface area contributed by atoms with Gasteiger partial charge in [0.1, 0.15) is 0 Å². The van der Waals surface area contributed by atoms with Crippen molar-refractivity contribution in [2.24, 2.45) is 5.41 Å². The minimum Gasteiger partial charge on any atom is -0.326 e. The van der Waals surface area contributed by atoms with Crippen LogP contribution < -0.4 is 10.0 Å². The Hall–Kier alpha value is -2.34. The van der Waals surface area contributed by atoms with Crippen LogP contribution in [-0.4, -0.2) is 14.3 Å². The third kappa shape index (κ3) is 5.59. The second kappa shape index (κ2) is 7.50. The number of hydrogen-bond acceptors (Lipinski definition) is 3. The normalized spacial score (nSPS) is 11.9. The van der Waals surface area contributed by atoms with E-state index in [1.165, 1.54) is 0 Å². The quantitative estimate of drug-likeness (QED) is 0.810. The number of carbonyl (C=O) groups excluding carboxylic acids is 1. The molecule has 0 saturated carbocycles. The maximum Gasteiger partial charge on any atom is 0.261 e. The van der Waals surface area contributed by atoms with Crippen LogP contribution in [0.25, 0.3) is 0 Å². The highest BCUT2D eigenvalue weighted by Crippen LogP contribution is 2.23. The second-order valence-corrected chi connectivity index (χ2v) is 9.40. The van der Waals surface area contributed by atoms with Crippen molar-refractivity contribution >= 4 is 27.3 Å². The fourth-order valence-corrected chi connectivity index (χ4v) is 3.58. The van der Waals surface area contributed by atoms with E-state index in [9.17, 15) is 13.2 Å². The molecule has 0 saturated heterocycles. The van der Waals surface area contributed by atoms with Crippen LogP contribution in [0.3, 0.4) is 0 Å². The first-order valence-corrected chi connectivity index (χ1v) is 9.95. The van der Waals surface area contributed by atoms with Crippen LogP contribution >= 0.6 is 0 Å². The number of carbonyl (C=O) groups is 1. The molecular formula is C20H26N2O3S. The van der Waals surface area contributed by atoms with Crippen LogP contribution in [-0.2, 0) is 14.8 Å². The van der Waals surface area contributed by atoms with E-state index in [4.69, 9.17) is 0 Å². The maximum absolute atomic E-state index is 12.6. The van der Waals surface area contributed by atoms with Gasteiger partial charge in [0.2, 0.25) is 5.91 Å². The fraction of sp³-hybridized carbons (Fsp3) is 0.350. The highest BCUT2D eigenvalue weighted by molar-refractivity contribution is 7.92. The smallest absolute Gasteiger partial charge is 0.261 e. The maximum atomic E-state index is 12.6. The van der Waals surface area contributed by atoms with Crippen molar-refractivity contribution in [2.45, 2.75) is 45.9 Å². The molecule has 0 aliphatic heterocycles. The summed E-state index contributed by atoms with van der Waals surface area (Å²) in [5, 5.41) is 2.81. The van der Waals surface area contributed by atoms with Gasteiger partial charge in [-0.2, -0.15) is 0 Å². The number of sulfonamides is 1. The Morgan fingerprint density at radius 3 is 2.23 bits per heavy atom. The lowest BCUT2D eigenvalue weighted by atomic mass is 9.92. The van der Waals surface area contributed by atoms with Crippen molar-refractivity contribution in [2.75, 3.05) is 10.0 Å². The zero-order valence-corrected chi connectivity index (χ0v) is 16.7. The van der Waals surface area contributed by atoms with Crippen LogP contribution in [0.15, 0.2) is 47.4 Å². The second-order valence-electron chi connectivity index (χ2n) is 7.72. The largest absolute Gasteiger partial charge is 0.326 e. The molecule has 0 atom stereocenters. The summed E-state index contributed by atoms with van der Waals surface area (Å²) in [6.45, 7) is 9.77. The van der Waals surface area contributed by atoms with Crippen molar-refractivity contribution in [3.05, 3.63) is 53.6 Å². The van der Waals surface area contributed by atoms with Crippen LogP contribution in [0.2, 0.25) is 0 Å². The Bertz CT molecular complexity index is 913. The summed E-state index contributed by atoms with van der Waals surface area (Å²) in [5.41, 5.74) is 2.78. The molecule has 2 N–H and O–H groups in total. The summed E-state index contributed by atoms with van der Waals surface area (Å²) in [6, 6.07) is 11.7. The van der Waals surface area contributed by atoms with Gasteiger partial charge in [0.15, 0.2) is 0 Å². The van der Waals surface area contributed by atoms with Crippen molar-refractivity contribution < 1.29 is 13.2 Å². The van der Waals surface area contributed by atoms with Crippen molar-refractivity contribution in [3.8, 4) is 0 Å². The third-order valence-corrected chi connectivity index (χ3v) is 5.26.